The van der Waals surface area contributed by atoms with Crippen molar-refractivity contribution in [3.05, 3.63) is 81.4 Å². The van der Waals surface area contributed by atoms with Gasteiger partial charge >= 0.3 is 26.2 Å². The third kappa shape index (κ3) is 5.67. The van der Waals surface area contributed by atoms with E-state index in [1.54, 1.807) is 22.3 Å². The normalized spacial score (nSPS) is 24.8. The van der Waals surface area contributed by atoms with E-state index in [1.807, 2.05) is 5.57 Å². The largest absolute Gasteiger partial charge is 2.00 e. The average molecular weight is 697 g/mol. The van der Waals surface area contributed by atoms with Gasteiger partial charge in [-0.2, -0.15) is 0 Å². The fourth-order valence-corrected chi connectivity index (χ4v) is 9.29. The van der Waals surface area contributed by atoms with Crippen molar-refractivity contribution in [1.82, 2.24) is 0 Å². The van der Waals surface area contributed by atoms with E-state index in [-0.39, 0.29) is 72.7 Å². The second kappa shape index (κ2) is 12.2. The number of hydrogen-bond donors (Lipinski definition) is 0. The van der Waals surface area contributed by atoms with Gasteiger partial charge < -0.3 is 24.8 Å². The summed E-state index contributed by atoms with van der Waals surface area (Å²) in [5, 5.41) is 0. The molecule has 0 bridgehead atoms. The minimum absolute atomic E-state index is 0. The first-order valence-electron chi connectivity index (χ1n) is 16.3. The molecular weight excluding hydrogens is 643 g/mol. The quantitative estimate of drug-likeness (QED) is 0.388. The van der Waals surface area contributed by atoms with Crippen molar-refractivity contribution in [3.63, 3.8) is 0 Å². The fourth-order valence-electron chi connectivity index (χ4n) is 9.29. The maximum Gasteiger partial charge on any atom is 2.00 e. The molecule has 0 N–H and O–H groups in total. The van der Waals surface area contributed by atoms with Crippen molar-refractivity contribution in [2.45, 2.75) is 125 Å². The number of hydrogen-bond acceptors (Lipinski definition) is 0. The molecule has 0 amide bonds. The molecular formula is C40H54Cl2Zr. The van der Waals surface area contributed by atoms with Crippen LogP contribution in [0.5, 0.6) is 0 Å². The SMILES string of the molecule is CC(C)C1(C2c3ccc(C(C)(C)C)cc3-c3cc(C(C)(C)C)ccc32)C2=C(CC(C(C)(C)C)=C2)C2CCCCC21.[Cl-].[Cl-].[Zr+2]. The van der Waals surface area contributed by atoms with E-state index < -0.39 is 0 Å². The van der Waals surface area contributed by atoms with E-state index in [4.69, 9.17) is 0 Å². The van der Waals surface area contributed by atoms with Gasteiger partial charge in [0.25, 0.3) is 0 Å². The maximum absolute atomic E-state index is 2.73. The summed E-state index contributed by atoms with van der Waals surface area (Å²) in [6.07, 6.45) is 9.52. The summed E-state index contributed by atoms with van der Waals surface area (Å²) in [5.41, 5.74) is 15.0. The van der Waals surface area contributed by atoms with Crippen LogP contribution in [-0.4, -0.2) is 0 Å². The van der Waals surface area contributed by atoms with Crippen LogP contribution >= 0.6 is 0 Å². The van der Waals surface area contributed by atoms with Crippen molar-refractivity contribution < 1.29 is 51.0 Å². The molecule has 3 atom stereocenters. The molecule has 0 heterocycles. The molecule has 232 valence electrons. The number of benzene rings is 2. The van der Waals surface area contributed by atoms with Gasteiger partial charge in [0.2, 0.25) is 0 Å². The smallest absolute Gasteiger partial charge is 1.00 e. The van der Waals surface area contributed by atoms with E-state index in [1.165, 1.54) is 54.4 Å². The first-order chi connectivity index (χ1) is 18.6. The Kier molecular flexibility index (Phi) is 10.5. The molecule has 2 aromatic rings. The van der Waals surface area contributed by atoms with E-state index >= 15 is 0 Å². The fraction of sp³-hybridized carbons (Fsp3) is 0.600. The van der Waals surface area contributed by atoms with Crippen molar-refractivity contribution in [2.75, 3.05) is 0 Å². The third-order valence-corrected chi connectivity index (χ3v) is 11.5. The zero-order valence-corrected chi connectivity index (χ0v) is 32.6. The van der Waals surface area contributed by atoms with Gasteiger partial charge in [-0.25, -0.2) is 0 Å². The Hall–Kier alpha value is -0.617. The molecule has 4 aliphatic rings. The second-order valence-electron chi connectivity index (χ2n) is 17.2. The van der Waals surface area contributed by atoms with Gasteiger partial charge in [0, 0.05) is 11.3 Å². The van der Waals surface area contributed by atoms with Gasteiger partial charge in [0.1, 0.15) is 0 Å². The van der Waals surface area contributed by atoms with Gasteiger partial charge in [-0.05, 0) is 92.2 Å². The Morgan fingerprint density at radius 3 is 1.63 bits per heavy atom. The Morgan fingerprint density at radius 1 is 0.698 bits per heavy atom. The molecule has 0 radical (unpaired) electrons. The van der Waals surface area contributed by atoms with E-state index in [2.05, 4.69) is 119 Å². The molecule has 0 aliphatic heterocycles. The third-order valence-electron chi connectivity index (χ3n) is 11.5. The summed E-state index contributed by atoms with van der Waals surface area (Å²) in [5.74, 6) is 2.51. The van der Waals surface area contributed by atoms with Crippen LogP contribution < -0.4 is 24.8 Å². The number of fused-ring (bicyclic) bond motifs is 5. The number of allylic oxidation sites excluding steroid dienone is 4. The van der Waals surface area contributed by atoms with E-state index in [9.17, 15) is 0 Å². The van der Waals surface area contributed by atoms with E-state index in [0.717, 1.165) is 11.8 Å². The van der Waals surface area contributed by atoms with Gasteiger partial charge in [0.15, 0.2) is 0 Å². The summed E-state index contributed by atoms with van der Waals surface area (Å²) in [6.45, 7) is 26.6. The van der Waals surface area contributed by atoms with Crippen molar-refractivity contribution in [3.8, 4) is 11.1 Å². The van der Waals surface area contributed by atoms with Crippen molar-refractivity contribution >= 4 is 0 Å². The van der Waals surface area contributed by atoms with Crippen molar-refractivity contribution in [1.29, 1.82) is 0 Å². The minimum atomic E-state index is 0. The van der Waals surface area contributed by atoms with E-state index in [0.29, 0.717) is 11.8 Å². The monoisotopic (exact) mass is 694 g/mol. The Balaban J connectivity index is 0.00000169. The minimum Gasteiger partial charge on any atom is -1.00 e. The summed E-state index contributed by atoms with van der Waals surface area (Å²) in [4.78, 5) is 0. The second-order valence-corrected chi connectivity index (χ2v) is 17.2. The molecule has 43 heavy (non-hydrogen) atoms. The van der Waals surface area contributed by atoms with Crippen LogP contribution in [0.3, 0.4) is 0 Å². The predicted molar refractivity (Wildman–Crippen MR) is 173 cm³/mol. The van der Waals surface area contributed by atoms with Gasteiger partial charge in [-0.15, -0.1) is 0 Å². The van der Waals surface area contributed by atoms with Crippen LogP contribution in [0.25, 0.3) is 11.1 Å². The molecule has 2 aromatic carbocycles. The number of rotatable bonds is 2. The van der Waals surface area contributed by atoms with Crippen LogP contribution in [0, 0.1) is 28.6 Å². The molecule has 1 saturated carbocycles. The van der Waals surface area contributed by atoms with Crippen LogP contribution in [0.2, 0.25) is 0 Å². The van der Waals surface area contributed by atoms with Crippen molar-refractivity contribution in [2.24, 2.45) is 28.6 Å². The molecule has 6 rings (SSSR count). The zero-order valence-electron chi connectivity index (χ0n) is 28.6. The Morgan fingerprint density at radius 2 is 1.19 bits per heavy atom. The maximum atomic E-state index is 2.73. The molecule has 0 spiro atoms. The average Bonchev–Trinajstić information content (AvgIpc) is 3.51. The molecule has 1 fully saturated rings. The zero-order chi connectivity index (χ0) is 29.0. The summed E-state index contributed by atoms with van der Waals surface area (Å²) in [6, 6.07) is 15.2. The first-order valence-corrected chi connectivity index (χ1v) is 16.3. The van der Waals surface area contributed by atoms with Crippen LogP contribution in [0.15, 0.2) is 59.2 Å². The van der Waals surface area contributed by atoms with Gasteiger partial charge in [0.05, 0.1) is 0 Å². The predicted octanol–water partition coefficient (Wildman–Crippen LogP) is 5.53. The molecule has 3 unspecified atom stereocenters. The first kappa shape index (κ1) is 36.8. The standard InChI is InChI=1S/C40H54.2ClH.Zr/c1-24(2)40(34-15-13-12-14-28(34)33-22-27(23-35(33)40)39(9,10)11)36-29-18-16-25(37(3,4)5)20-31(29)32-21-26(38(6,7)8)17-19-30(32)36;;;/h16-21,23-24,28,34,36H,12-15,22H2,1-11H3;2*1H;/q;;;+2/p-2. The van der Waals surface area contributed by atoms with Gasteiger partial charge in [-0.3, -0.25) is 0 Å². The molecule has 4 aliphatic carbocycles. The van der Waals surface area contributed by atoms with Crippen LogP contribution in [-0.2, 0) is 37.0 Å². The Bertz CT molecular complexity index is 1360. The topological polar surface area (TPSA) is 0 Å². The summed E-state index contributed by atoms with van der Waals surface area (Å²) in [7, 11) is 0. The van der Waals surface area contributed by atoms with Crippen LogP contribution in [0.4, 0.5) is 0 Å². The Labute approximate surface area is 295 Å². The molecule has 0 saturated heterocycles. The molecule has 0 aromatic heterocycles. The molecule has 0 nitrogen and oxygen atoms in total. The number of halogens is 2. The summed E-state index contributed by atoms with van der Waals surface area (Å²) < 4.78 is 0. The van der Waals surface area contributed by atoms with Crippen LogP contribution in [0.1, 0.15) is 136 Å². The van der Waals surface area contributed by atoms with Gasteiger partial charge in [-0.1, -0.05) is 143 Å². The molecule has 3 heteroatoms. The summed E-state index contributed by atoms with van der Waals surface area (Å²) >= 11 is 0.